The third-order valence-corrected chi connectivity index (χ3v) is 4.69. The highest BCUT2D eigenvalue weighted by atomic mass is 32.2. The lowest BCUT2D eigenvalue weighted by atomic mass is 10.2. The number of rotatable bonds is 5. The van der Waals surface area contributed by atoms with Crippen molar-refractivity contribution in [2.75, 3.05) is 32.9 Å². The molecule has 0 aliphatic carbocycles. The summed E-state index contributed by atoms with van der Waals surface area (Å²) in [6.45, 7) is 7.13. The van der Waals surface area contributed by atoms with Gasteiger partial charge < -0.3 is 14.9 Å². The lowest BCUT2D eigenvalue weighted by Gasteiger charge is -2.36. The number of likely N-dealkylation sites (N-methyl/N-ethyl adjacent to an activating group) is 2. The second-order valence-electron chi connectivity index (χ2n) is 5.37. The first-order valence-electron chi connectivity index (χ1n) is 6.87. The van der Waals surface area contributed by atoms with E-state index in [1.165, 1.54) is 16.7 Å². The van der Waals surface area contributed by atoms with Crippen molar-refractivity contribution < 1.29 is 14.7 Å². The summed E-state index contributed by atoms with van der Waals surface area (Å²) >= 11 is 1.51. The van der Waals surface area contributed by atoms with Gasteiger partial charge in [-0.2, -0.15) is 0 Å². The number of thioether (sulfide) groups is 1. The Morgan fingerprint density at radius 3 is 2.50 bits per heavy atom. The van der Waals surface area contributed by atoms with Gasteiger partial charge in [0.1, 0.15) is 6.04 Å². The van der Waals surface area contributed by atoms with Crippen LogP contribution in [0.5, 0.6) is 0 Å². The molecule has 1 aliphatic rings. The molecule has 0 saturated carbocycles. The molecule has 3 atom stereocenters. The molecular formula is C13H25N3O3S. The first-order chi connectivity index (χ1) is 9.29. The normalized spacial score (nSPS) is 24.0. The van der Waals surface area contributed by atoms with Gasteiger partial charge in [-0.1, -0.05) is 0 Å². The second kappa shape index (κ2) is 7.17. The summed E-state index contributed by atoms with van der Waals surface area (Å²) in [6, 6.07) is -0.843. The van der Waals surface area contributed by atoms with E-state index >= 15 is 0 Å². The molecule has 0 radical (unpaired) electrons. The zero-order valence-electron chi connectivity index (χ0n) is 12.9. The molecule has 0 aromatic rings. The quantitative estimate of drug-likeness (QED) is 0.827. The maximum absolute atomic E-state index is 12.7. The van der Waals surface area contributed by atoms with E-state index in [9.17, 15) is 14.7 Å². The molecule has 2 amide bonds. The van der Waals surface area contributed by atoms with E-state index in [-0.39, 0.29) is 17.4 Å². The van der Waals surface area contributed by atoms with Crippen molar-refractivity contribution >= 4 is 23.8 Å². The molecule has 1 rings (SSSR count). The van der Waals surface area contributed by atoms with Crippen molar-refractivity contribution in [3.63, 3.8) is 0 Å². The van der Waals surface area contributed by atoms with Gasteiger partial charge in [-0.05, 0) is 34.9 Å². The third-order valence-electron chi connectivity index (χ3n) is 3.48. The summed E-state index contributed by atoms with van der Waals surface area (Å²) in [5, 5.41) is 9.16. The van der Waals surface area contributed by atoms with Gasteiger partial charge in [0.25, 0.3) is 0 Å². The number of carboxylic acids is 1. The highest BCUT2D eigenvalue weighted by Gasteiger charge is 2.41. The summed E-state index contributed by atoms with van der Waals surface area (Å²) in [5.74, 6) is -0.464. The summed E-state index contributed by atoms with van der Waals surface area (Å²) in [5.41, 5.74) is 0. The maximum atomic E-state index is 12.7. The minimum Gasteiger partial charge on any atom is -0.480 e. The Morgan fingerprint density at radius 2 is 2.05 bits per heavy atom. The Labute approximate surface area is 125 Å². The average Bonchev–Trinajstić information content (AvgIpc) is 2.70. The minimum absolute atomic E-state index is 0.0507. The second-order valence-corrected chi connectivity index (χ2v) is 6.72. The highest BCUT2D eigenvalue weighted by Crippen LogP contribution is 2.30. The molecule has 6 nitrogen and oxygen atoms in total. The van der Waals surface area contributed by atoms with Crippen LogP contribution >= 0.6 is 11.8 Å². The Kier molecular flexibility index (Phi) is 6.13. The van der Waals surface area contributed by atoms with Gasteiger partial charge in [0, 0.05) is 24.9 Å². The van der Waals surface area contributed by atoms with Crippen LogP contribution in [0, 0.1) is 0 Å². The van der Waals surface area contributed by atoms with Crippen molar-refractivity contribution in [3.8, 4) is 0 Å². The van der Waals surface area contributed by atoms with Gasteiger partial charge in [0.2, 0.25) is 0 Å². The zero-order chi connectivity index (χ0) is 15.4. The van der Waals surface area contributed by atoms with Gasteiger partial charge >= 0.3 is 12.0 Å². The molecule has 116 valence electrons. The highest BCUT2D eigenvalue weighted by molar-refractivity contribution is 8.00. The number of urea groups is 1. The summed E-state index contributed by atoms with van der Waals surface area (Å²) in [7, 11) is 3.92. The molecule has 1 N–H and O–H groups in total. The Hall–Kier alpha value is -0.950. The molecule has 0 bridgehead atoms. The number of carboxylic acid groups (broad SMARTS) is 1. The van der Waals surface area contributed by atoms with Crippen LogP contribution in [0.4, 0.5) is 4.79 Å². The van der Waals surface area contributed by atoms with Gasteiger partial charge in [0.15, 0.2) is 0 Å². The maximum Gasteiger partial charge on any atom is 0.327 e. The fraction of sp³-hybridized carbons (Fsp3) is 0.846. The number of carbonyl (C=O) groups is 2. The summed E-state index contributed by atoms with van der Waals surface area (Å²) in [6.07, 6.45) is 0. The fourth-order valence-corrected chi connectivity index (χ4v) is 3.70. The molecule has 1 heterocycles. The Balaban J connectivity index is 2.86. The van der Waals surface area contributed by atoms with Gasteiger partial charge in [-0.15, -0.1) is 11.8 Å². The first kappa shape index (κ1) is 17.1. The van der Waals surface area contributed by atoms with Crippen molar-refractivity contribution in [2.24, 2.45) is 0 Å². The number of hydrogen-bond donors (Lipinski definition) is 1. The fourth-order valence-electron chi connectivity index (χ4n) is 2.53. The molecular weight excluding hydrogens is 278 g/mol. The number of carbonyl (C=O) groups excluding carboxylic acids is 1. The molecule has 0 aromatic heterocycles. The number of amides is 2. The molecule has 0 spiro atoms. The van der Waals surface area contributed by atoms with Crippen molar-refractivity contribution in [2.45, 2.75) is 38.2 Å². The largest absolute Gasteiger partial charge is 0.480 e. The van der Waals surface area contributed by atoms with Crippen molar-refractivity contribution in [1.82, 2.24) is 14.7 Å². The molecule has 1 fully saturated rings. The van der Waals surface area contributed by atoms with Crippen molar-refractivity contribution in [3.05, 3.63) is 0 Å². The lowest BCUT2D eigenvalue weighted by Crippen LogP contribution is -2.54. The van der Waals surface area contributed by atoms with E-state index < -0.39 is 12.0 Å². The Bertz CT molecular complexity index is 365. The number of nitrogens with zero attached hydrogens (tertiary/aromatic N) is 3. The standard InChI is InChI=1S/C13H25N3O3S/c1-6-15(9(2)7-14(4)5)13(19)16-10(3)20-8-11(16)12(17)18/h9-11H,6-8H2,1-5H3,(H,17,18). The monoisotopic (exact) mass is 303 g/mol. The Morgan fingerprint density at radius 1 is 1.45 bits per heavy atom. The van der Waals surface area contributed by atoms with E-state index in [1.807, 2.05) is 39.8 Å². The molecule has 20 heavy (non-hydrogen) atoms. The van der Waals surface area contributed by atoms with Crippen LogP contribution in [0.1, 0.15) is 20.8 Å². The van der Waals surface area contributed by atoms with Gasteiger partial charge in [-0.25, -0.2) is 9.59 Å². The zero-order valence-corrected chi connectivity index (χ0v) is 13.7. The van der Waals surface area contributed by atoms with Crippen LogP contribution in [0.2, 0.25) is 0 Å². The minimum atomic E-state index is -0.925. The topological polar surface area (TPSA) is 64.1 Å². The van der Waals surface area contributed by atoms with Crippen LogP contribution in [-0.4, -0.2) is 82.2 Å². The molecule has 3 unspecified atom stereocenters. The van der Waals surface area contributed by atoms with Crippen LogP contribution < -0.4 is 0 Å². The molecule has 0 aromatic carbocycles. The van der Waals surface area contributed by atoms with E-state index in [0.717, 1.165) is 6.54 Å². The molecule has 1 saturated heterocycles. The number of aliphatic carboxylic acids is 1. The molecule has 7 heteroatoms. The smallest absolute Gasteiger partial charge is 0.327 e. The van der Waals surface area contributed by atoms with E-state index in [4.69, 9.17) is 0 Å². The predicted molar refractivity (Wildman–Crippen MR) is 81.0 cm³/mol. The van der Waals surface area contributed by atoms with Gasteiger partial charge in [-0.3, -0.25) is 4.90 Å². The van der Waals surface area contributed by atoms with E-state index in [0.29, 0.717) is 12.3 Å². The van der Waals surface area contributed by atoms with Crippen LogP contribution in [0.25, 0.3) is 0 Å². The first-order valence-corrected chi connectivity index (χ1v) is 7.92. The van der Waals surface area contributed by atoms with Crippen LogP contribution in [0.15, 0.2) is 0 Å². The predicted octanol–water partition coefficient (Wildman–Crippen LogP) is 1.23. The van der Waals surface area contributed by atoms with Crippen LogP contribution in [0.3, 0.4) is 0 Å². The summed E-state index contributed by atoms with van der Waals surface area (Å²) in [4.78, 5) is 29.2. The van der Waals surface area contributed by atoms with E-state index in [2.05, 4.69) is 0 Å². The lowest BCUT2D eigenvalue weighted by molar-refractivity contribution is -0.141. The summed E-state index contributed by atoms with van der Waals surface area (Å²) < 4.78 is 0. The van der Waals surface area contributed by atoms with Crippen molar-refractivity contribution in [1.29, 1.82) is 0 Å². The van der Waals surface area contributed by atoms with Gasteiger partial charge in [0.05, 0.1) is 5.37 Å². The third kappa shape index (κ3) is 3.79. The van der Waals surface area contributed by atoms with Crippen LogP contribution in [-0.2, 0) is 4.79 Å². The number of hydrogen-bond acceptors (Lipinski definition) is 4. The average molecular weight is 303 g/mol. The SMILES string of the molecule is CCN(C(=O)N1C(C)SCC1C(=O)O)C(C)CN(C)C. The molecule has 1 aliphatic heterocycles. The van der Waals surface area contributed by atoms with E-state index in [1.54, 1.807) is 4.90 Å².